The van der Waals surface area contributed by atoms with Gasteiger partial charge in [0.2, 0.25) is 5.91 Å². The van der Waals surface area contributed by atoms with Gasteiger partial charge < -0.3 is 20.1 Å². The van der Waals surface area contributed by atoms with Gasteiger partial charge in [-0.25, -0.2) is 9.97 Å². The van der Waals surface area contributed by atoms with Crippen molar-refractivity contribution < 1.29 is 19.1 Å². The first-order chi connectivity index (χ1) is 18.9. The van der Waals surface area contributed by atoms with Crippen molar-refractivity contribution in [2.75, 3.05) is 44.5 Å². The molecule has 1 fully saturated rings. The summed E-state index contributed by atoms with van der Waals surface area (Å²) in [4.78, 5) is 35.4. The van der Waals surface area contributed by atoms with Crippen LogP contribution in [0.15, 0.2) is 59.4 Å². The van der Waals surface area contributed by atoms with Crippen LogP contribution in [0, 0.1) is 5.92 Å². The summed E-state index contributed by atoms with van der Waals surface area (Å²) in [6.07, 6.45) is 10.6. The molecule has 39 heavy (non-hydrogen) atoms. The first kappa shape index (κ1) is 28.5. The van der Waals surface area contributed by atoms with Crippen LogP contribution in [0.25, 0.3) is 10.9 Å². The molecule has 1 aliphatic carbocycles. The lowest BCUT2D eigenvalue weighted by molar-refractivity contribution is -0.146. The molecule has 0 saturated heterocycles. The minimum Gasteiger partial charge on any atom is -0.494 e. The number of ether oxygens (including phenoxy) is 2. The van der Waals surface area contributed by atoms with E-state index in [4.69, 9.17) is 9.47 Å². The van der Waals surface area contributed by atoms with Crippen LogP contribution in [0.2, 0.25) is 0 Å². The molecule has 0 atom stereocenters. The molecule has 0 aliphatic heterocycles. The van der Waals surface area contributed by atoms with Crippen LogP contribution < -0.4 is 15.4 Å². The van der Waals surface area contributed by atoms with E-state index in [0.717, 1.165) is 28.4 Å². The van der Waals surface area contributed by atoms with Gasteiger partial charge in [-0.2, -0.15) is 0 Å². The van der Waals surface area contributed by atoms with Gasteiger partial charge in [0.05, 0.1) is 31.5 Å². The van der Waals surface area contributed by atoms with Gasteiger partial charge in [-0.1, -0.05) is 47.3 Å². The maximum Gasteiger partial charge on any atom is 0.320 e. The molecule has 3 aromatic rings. The minimum absolute atomic E-state index is 0.172. The summed E-state index contributed by atoms with van der Waals surface area (Å²) in [7, 11) is 3.35. The first-order valence-electron chi connectivity index (χ1n) is 13.1. The standard InChI is InChI=1S/C29H34BrN5O4/c1-35(17-28(37)39-18-20-8-4-3-5-9-20)13-7-12-27(36)34-25-15-23-24(16-26(25)38-2)31-19-32-29(23)33-22-11-6-10-21(30)14-22/h6-7,10-12,14-16,19-20H,3-5,8-9,13,17-18H2,1-2H3,(H,34,36)(H,31,32,33). The summed E-state index contributed by atoms with van der Waals surface area (Å²) < 4.78 is 11.9. The highest BCUT2D eigenvalue weighted by Crippen LogP contribution is 2.33. The van der Waals surface area contributed by atoms with Gasteiger partial charge in [0.15, 0.2) is 0 Å². The lowest BCUT2D eigenvalue weighted by atomic mass is 9.90. The van der Waals surface area contributed by atoms with E-state index in [-0.39, 0.29) is 18.4 Å². The van der Waals surface area contributed by atoms with Crippen molar-refractivity contribution in [1.82, 2.24) is 14.9 Å². The minimum atomic E-state index is -0.320. The lowest BCUT2D eigenvalue weighted by Crippen LogP contribution is -2.29. The molecular formula is C29H34BrN5O4. The number of aromatic nitrogens is 2. The third kappa shape index (κ3) is 8.49. The Kier molecular flexibility index (Phi) is 10.3. The molecule has 2 N–H and O–H groups in total. The molecule has 10 heteroatoms. The number of methoxy groups -OCH3 is 1. The zero-order chi connectivity index (χ0) is 27.6. The second-order valence-corrected chi connectivity index (χ2v) is 10.6. The molecule has 0 spiro atoms. The second-order valence-electron chi connectivity index (χ2n) is 9.70. The number of likely N-dealkylation sites (N-methyl/N-ethyl adjacent to an activating group) is 1. The molecule has 206 valence electrons. The first-order valence-corrected chi connectivity index (χ1v) is 13.9. The van der Waals surface area contributed by atoms with Gasteiger partial charge in [-0.15, -0.1) is 0 Å². The van der Waals surface area contributed by atoms with E-state index in [1.54, 1.807) is 23.1 Å². The molecule has 0 bridgehead atoms. The van der Waals surface area contributed by atoms with E-state index in [1.807, 2.05) is 31.3 Å². The van der Waals surface area contributed by atoms with Crippen molar-refractivity contribution in [3.8, 4) is 5.75 Å². The number of amides is 1. The quantitative estimate of drug-likeness (QED) is 0.215. The zero-order valence-corrected chi connectivity index (χ0v) is 23.9. The smallest absolute Gasteiger partial charge is 0.320 e. The van der Waals surface area contributed by atoms with Gasteiger partial charge in [0.1, 0.15) is 17.9 Å². The Morgan fingerprint density at radius 3 is 2.74 bits per heavy atom. The number of hydrogen-bond donors (Lipinski definition) is 2. The van der Waals surface area contributed by atoms with Crippen LogP contribution in [0.5, 0.6) is 5.75 Å². The topological polar surface area (TPSA) is 106 Å². The summed E-state index contributed by atoms with van der Waals surface area (Å²) in [5, 5.41) is 6.90. The van der Waals surface area contributed by atoms with Gasteiger partial charge in [-0.3, -0.25) is 14.5 Å². The fourth-order valence-corrected chi connectivity index (χ4v) is 4.96. The van der Waals surface area contributed by atoms with Crippen LogP contribution in [-0.2, 0) is 14.3 Å². The summed E-state index contributed by atoms with van der Waals surface area (Å²) in [6.45, 7) is 1.10. The predicted octanol–water partition coefficient (Wildman–Crippen LogP) is 5.69. The summed E-state index contributed by atoms with van der Waals surface area (Å²) in [5.41, 5.74) is 2.02. The van der Waals surface area contributed by atoms with Crippen LogP contribution >= 0.6 is 15.9 Å². The van der Waals surface area contributed by atoms with Gasteiger partial charge >= 0.3 is 5.97 Å². The number of nitrogens with zero attached hydrogens (tertiary/aromatic N) is 3. The monoisotopic (exact) mass is 595 g/mol. The number of hydrogen-bond acceptors (Lipinski definition) is 8. The number of benzene rings is 2. The number of anilines is 3. The number of carbonyl (C=O) groups excluding carboxylic acids is 2. The molecule has 9 nitrogen and oxygen atoms in total. The van der Waals surface area contributed by atoms with Gasteiger partial charge in [0.25, 0.3) is 0 Å². The molecule has 1 heterocycles. The average Bonchev–Trinajstić information content (AvgIpc) is 2.92. The van der Waals surface area contributed by atoms with E-state index < -0.39 is 0 Å². The third-order valence-corrected chi connectivity index (χ3v) is 7.09. The SMILES string of the molecule is COc1cc2ncnc(Nc3cccc(Br)c3)c2cc1NC(=O)C=CCN(C)CC(=O)OCC1CCCCC1. The molecule has 1 amide bonds. The highest BCUT2D eigenvalue weighted by Gasteiger charge is 2.16. The highest BCUT2D eigenvalue weighted by atomic mass is 79.9. The molecular weight excluding hydrogens is 562 g/mol. The Morgan fingerprint density at radius 2 is 1.97 bits per heavy atom. The maximum absolute atomic E-state index is 12.7. The van der Waals surface area contributed by atoms with Crippen molar-refractivity contribution in [2.24, 2.45) is 5.92 Å². The molecule has 0 unspecified atom stereocenters. The molecule has 2 aromatic carbocycles. The van der Waals surface area contributed by atoms with Crippen LogP contribution in [0.3, 0.4) is 0 Å². The van der Waals surface area contributed by atoms with Crippen LogP contribution in [0.1, 0.15) is 32.1 Å². The van der Waals surface area contributed by atoms with Gasteiger partial charge in [-0.05, 0) is 50.1 Å². The Balaban J connectivity index is 1.35. The lowest BCUT2D eigenvalue weighted by Gasteiger charge is -2.21. The second kappa shape index (κ2) is 14.0. The predicted molar refractivity (Wildman–Crippen MR) is 156 cm³/mol. The maximum atomic E-state index is 12.7. The molecule has 1 saturated carbocycles. The van der Waals surface area contributed by atoms with E-state index in [0.29, 0.717) is 41.8 Å². The Bertz CT molecular complexity index is 1330. The number of halogens is 1. The Morgan fingerprint density at radius 1 is 1.15 bits per heavy atom. The van der Waals surface area contributed by atoms with Crippen molar-refractivity contribution in [3.63, 3.8) is 0 Å². The number of nitrogens with one attached hydrogen (secondary N) is 2. The fourth-order valence-electron chi connectivity index (χ4n) is 4.56. The van der Waals surface area contributed by atoms with Gasteiger partial charge in [0, 0.05) is 34.2 Å². The summed E-state index contributed by atoms with van der Waals surface area (Å²) in [5.74, 6) is 1.01. The number of esters is 1. The molecule has 0 radical (unpaired) electrons. The summed E-state index contributed by atoms with van der Waals surface area (Å²) >= 11 is 3.48. The molecule has 1 aromatic heterocycles. The number of carbonyl (C=O) groups is 2. The Hall–Kier alpha value is -3.50. The van der Waals surface area contributed by atoms with Crippen LogP contribution in [-0.4, -0.2) is 60.6 Å². The zero-order valence-electron chi connectivity index (χ0n) is 22.3. The highest BCUT2D eigenvalue weighted by molar-refractivity contribution is 9.10. The average molecular weight is 597 g/mol. The number of rotatable bonds is 11. The fraction of sp³-hybridized carbons (Fsp3) is 0.379. The van der Waals surface area contributed by atoms with Crippen molar-refractivity contribution in [1.29, 1.82) is 0 Å². The molecule has 4 rings (SSSR count). The van der Waals surface area contributed by atoms with Crippen molar-refractivity contribution in [2.45, 2.75) is 32.1 Å². The normalized spacial score (nSPS) is 14.1. The van der Waals surface area contributed by atoms with Crippen molar-refractivity contribution >= 4 is 55.9 Å². The van der Waals surface area contributed by atoms with E-state index in [1.165, 1.54) is 38.8 Å². The summed E-state index contributed by atoms with van der Waals surface area (Å²) in [6, 6.07) is 11.3. The largest absolute Gasteiger partial charge is 0.494 e. The van der Waals surface area contributed by atoms with E-state index in [2.05, 4.69) is 36.5 Å². The van der Waals surface area contributed by atoms with E-state index in [9.17, 15) is 9.59 Å². The Labute approximate surface area is 237 Å². The van der Waals surface area contributed by atoms with E-state index >= 15 is 0 Å². The van der Waals surface area contributed by atoms with Crippen LogP contribution in [0.4, 0.5) is 17.2 Å². The van der Waals surface area contributed by atoms with Crippen molar-refractivity contribution in [3.05, 3.63) is 59.4 Å². The third-order valence-electron chi connectivity index (χ3n) is 6.59. The molecule has 1 aliphatic rings. The number of fused-ring (bicyclic) bond motifs is 1.